The molecule has 108 valence electrons. The lowest BCUT2D eigenvalue weighted by Crippen LogP contribution is -2.56. The second-order valence-corrected chi connectivity index (χ2v) is 6.32. The van der Waals surface area contributed by atoms with Gasteiger partial charge in [0.25, 0.3) is 0 Å². The summed E-state index contributed by atoms with van der Waals surface area (Å²) < 4.78 is 6.12. The van der Waals surface area contributed by atoms with Gasteiger partial charge in [0.2, 0.25) is 5.91 Å². The van der Waals surface area contributed by atoms with Crippen LogP contribution < -0.4 is 4.90 Å². The predicted molar refractivity (Wildman–Crippen MR) is 80.0 cm³/mol. The van der Waals surface area contributed by atoms with Crippen LogP contribution in [-0.4, -0.2) is 55.2 Å². The van der Waals surface area contributed by atoms with Crippen LogP contribution in [0.3, 0.4) is 0 Å². The SMILES string of the molecule is O=C(C1CN(c2ncc(Br)cc2Cl)C1)N1CCOCC1. The Morgan fingerprint density at radius 2 is 2.10 bits per heavy atom. The molecular weight excluding hydrogens is 346 g/mol. The quantitative estimate of drug-likeness (QED) is 0.807. The van der Waals surface area contributed by atoms with E-state index in [0.717, 1.165) is 10.3 Å². The zero-order chi connectivity index (χ0) is 14.1. The van der Waals surface area contributed by atoms with Gasteiger partial charge in [0.1, 0.15) is 5.82 Å². The van der Waals surface area contributed by atoms with Crippen LogP contribution in [0.2, 0.25) is 5.02 Å². The molecule has 0 bridgehead atoms. The number of pyridine rings is 1. The number of aromatic nitrogens is 1. The topological polar surface area (TPSA) is 45.7 Å². The van der Waals surface area contributed by atoms with E-state index < -0.39 is 0 Å². The first kappa shape index (κ1) is 14.1. The van der Waals surface area contributed by atoms with E-state index in [1.54, 1.807) is 6.20 Å². The zero-order valence-electron chi connectivity index (χ0n) is 10.9. The van der Waals surface area contributed by atoms with Gasteiger partial charge in [-0.15, -0.1) is 0 Å². The van der Waals surface area contributed by atoms with Crippen LogP contribution in [0.5, 0.6) is 0 Å². The summed E-state index contributed by atoms with van der Waals surface area (Å²) in [6.45, 7) is 4.05. The average molecular weight is 361 g/mol. The van der Waals surface area contributed by atoms with Gasteiger partial charge in [-0.3, -0.25) is 4.79 Å². The summed E-state index contributed by atoms with van der Waals surface area (Å²) in [7, 11) is 0. The maximum Gasteiger partial charge on any atom is 0.229 e. The highest BCUT2D eigenvalue weighted by atomic mass is 79.9. The number of halogens is 2. The number of hydrogen-bond donors (Lipinski definition) is 0. The highest BCUT2D eigenvalue weighted by Crippen LogP contribution is 2.31. The normalized spacial score (nSPS) is 19.9. The standard InChI is InChI=1S/C13H15BrClN3O2/c14-10-5-11(15)12(16-6-10)18-7-9(8-18)13(19)17-1-3-20-4-2-17/h5-6,9H,1-4,7-8H2. The molecule has 0 spiro atoms. The minimum Gasteiger partial charge on any atom is -0.378 e. The molecule has 0 radical (unpaired) electrons. The number of anilines is 1. The largest absolute Gasteiger partial charge is 0.378 e. The molecule has 1 amide bonds. The molecule has 20 heavy (non-hydrogen) atoms. The lowest BCUT2D eigenvalue weighted by Gasteiger charge is -2.42. The van der Waals surface area contributed by atoms with Gasteiger partial charge in [0.05, 0.1) is 24.2 Å². The minimum atomic E-state index is 0.0506. The monoisotopic (exact) mass is 359 g/mol. The fourth-order valence-electron chi connectivity index (χ4n) is 2.49. The maximum atomic E-state index is 12.3. The van der Waals surface area contributed by atoms with Crippen LogP contribution in [-0.2, 0) is 9.53 Å². The molecule has 2 saturated heterocycles. The minimum absolute atomic E-state index is 0.0506. The molecule has 0 aromatic carbocycles. The smallest absolute Gasteiger partial charge is 0.229 e. The number of ether oxygens (including phenoxy) is 1. The Balaban J connectivity index is 1.59. The van der Waals surface area contributed by atoms with Gasteiger partial charge in [0, 0.05) is 36.8 Å². The number of amides is 1. The number of nitrogens with zero attached hydrogens (tertiary/aromatic N) is 3. The fourth-order valence-corrected chi connectivity index (χ4v) is 3.24. The summed E-state index contributed by atoms with van der Waals surface area (Å²) in [6, 6.07) is 1.82. The van der Waals surface area contributed by atoms with Crippen LogP contribution in [0.4, 0.5) is 5.82 Å². The highest BCUT2D eigenvalue weighted by molar-refractivity contribution is 9.10. The molecule has 5 nitrogen and oxygen atoms in total. The van der Waals surface area contributed by atoms with Gasteiger partial charge >= 0.3 is 0 Å². The van der Waals surface area contributed by atoms with Crippen molar-refractivity contribution in [2.24, 2.45) is 5.92 Å². The second-order valence-electron chi connectivity index (χ2n) is 5.00. The van der Waals surface area contributed by atoms with E-state index >= 15 is 0 Å². The number of carbonyl (C=O) groups excluding carboxylic acids is 1. The molecule has 0 aliphatic carbocycles. The van der Waals surface area contributed by atoms with Gasteiger partial charge in [-0.25, -0.2) is 4.98 Å². The molecule has 0 atom stereocenters. The lowest BCUT2D eigenvalue weighted by atomic mass is 9.98. The van der Waals surface area contributed by atoms with Crippen molar-refractivity contribution in [1.29, 1.82) is 0 Å². The molecule has 2 aliphatic rings. The molecule has 0 N–H and O–H groups in total. The number of carbonyl (C=O) groups is 1. The summed E-state index contributed by atoms with van der Waals surface area (Å²) in [4.78, 5) is 20.5. The van der Waals surface area contributed by atoms with Crippen LogP contribution in [0, 0.1) is 5.92 Å². The first-order chi connectivity index (χ1) is 9.65. The fraction of sp³-hybridized carbons (Fsp3) is 0.538. The number of hydrogen-bond acceptors (Lipinski definition) is 4. The molecule has 0 saturated carbocycles. The highest BCUT2D eigenvalue weighted by Gasteiger charge is 2.37. The van der Waals surface area contributed by atoms with E-state index in [-0.39, 0.29) is 11.8 Å². The second kappa shape index (κ2) is 5.87. The summed E-state index contributed by atoms with van der Waals surface area (Å²) in [5.41, 5.74) is 0. The summed E-state index contributed by atoms with van der Waals surface area (Å²) in [6.07, 6.45) is 1.72. The Morgan fingerprint density at radius 3 is 2.75 bits per heavy atom. The molecule has 7 heteroatoms. The van der Waals surface area contributed by atoms with Gasteiger partial charge in [-0.05, 0) is 22.0 Å². The van der Waals surface area contributed by atoms with Crippen molar-refractivity contribution in [2.75, 3.05) is 44.3 Å². The number of rotatable bonds is 2. The molecule has 1 aromatic heterocycles. The van der Waals surface area contributed by atoms with Gasteiger partial charge < -0.3 is 14.5 Å². The lowest BCUT2D eigenvalue weighted by molar-refractivity contribution is -0.140. The third kappa shape index (κ3) is 2.77. The third-order valence-corrected chi connectivity index (χ3v) is 4.35. The predicted octanol–water partition coefficient (Wildman–Crippen LogP) is 1.79. The van der Waals surface area contributed by atoms with Crippen molar-refractivity contribution >= 4 is 39.3 Å². The van der Waals surface area contributed by atoms with Crippen molar-refractivity contribution in [3.63, 3.8) is 0 Å². The zero-order valence-corrected chi connectivity index (χ0v) is 13.2. The van der Waals surface area contributed by atoms with E-state index in [4.69, 9.17) is 16.3 Å². The van der Waals surface area contributed by atoms with Crippen molar-refractivity contribution in [1.82, 2.24) is 9.88 Å². The van der Waals surface area contributed by atoms with Crippen LogP contribution in [0.25, 0.3) is 0 Å². The van der Waals surface area contributed by atoms with Gasteiger partial charge in [-0.1, -0.05) is 11.6 Å². The molecule has 3 rings (SSSR count). The van der Waals surface area contributed by atoms with E-state index in [1.807, 2.05) is 15.9 Å². The molecule has 0 unspecified atom stereocenters. The van der Waals surface area contributed by atoms with Gasteiger partial charge in [-0.2, -0.15) is 0 Å². The van der Waals surface area contributed by atoms with Crippen molar-refractivity contribution < 1.29 is 9.53 Å². The van der Waals surface area contributed by atoms with E-state index in [9.17, 15) is 4.79 Å². The van der Waals surface area contributed by atoms with Gasteiger partial charge in [0.15, 0.2) is 0 Å². The molecule has 1 aromatic rings. The summed E-state index contributed by atoms with van der Waals surface area (Å²) in [5, 5.41) is 0.608. The maximum absolute atomic E-state index is 12.3. The van der Waals surface area contributed by atoms with Crippen molar-refractivity contribution in [3.05, 3.63) is 21.8 Å². The molecular formula is C13H15BrClN3O2. The Bertz CT molecular complexity index is 516. The van der Waals surface area contributed by atoms with Crippen LogP contribution in [0.15, 0.2) is 16.7 Å². The number of morpholine rings is 1. The van der Waals surface area contributed by atoms with Crippen LogP contribution >= 0.6 is 27.5 Å². The Hall–Kier alpha value is -0.850. The van der Waals surface area contributed by atoms with Crippen molar-refractivity contribution in [3.8, 4) is 0 Å². The Kier molecular flexibility index (Phi) is 4.14. The van der Waals surface area contributed by atoms with E-state index in [0.29, 0.717) is 44.4 Å². The average Bonchev–Trinajstić information content (AvgIpc) is 2.40. The molecule has 3 heterocycles. The summed E-state index contributed by atoms with van der Waals surface area (Å²) >= 11 is 9.50. The van der Waals surface area contributed by atoms with Crippen molar-refractivity contribution in [2.45, 2.75) is 0 Å². The Labute approximate surface area is 131 Å². The first-order valence-electron chi connectivity index (χ1n) is 6.57. The van der Waals surface area contributed by atoms with E-state index in [1.165, 1.54) is 0 Å². The molecule has 2 fully saturated rings. The molecule has 2 aliphatic heterocycles. The van der Waals surface area contributed by atoms with Crippen LogP contribution in [0.1, 0.15) is 0 Å². The third-order valence-electron chi connectivity index (χ3n) is 3.64. The van der Waals surface area contributed by atoms with E-state index in [2.05, 4.69) is 20.9 Å². The first-order valence-corrected chi connectivity index (χ1v) is 7.75. The summed E-state index contributed by atoms with van der Waals surface area (Å²) in [5.74, 6) is 1.02. The Morgan fingerprint density at radius 1 is 1.40 bits per heavy atom.